The highest BCUT2D eigenvalue weighted by molar-refractivity contribution is 7.15. The van der Waals surface area contributed by atoms with Gasteiger partial charge in [-0.15, -0.1) is 11.3 Å². The summed E-state index contributed by atoms with van der Waals surface area (Å²) in [5.74, 6) is 0.882. The Kier molecular flexibility index (Phi) is 4.47. The van der Waals surface area contributed by atoms with Crippen LogP contribution in [0.2, 0.25) is 0 Å². The Morgan fingerprint density at radius 1 is 1.32 bits per heavy atom. The van der Waals surface area contributed by atoms with Crippen molar-refractivity contribution in [3.63, 3.8) is 0 Å². The second-order valence-corrected chi connectivity index (χ2v) is 6.69. The number of ether oxygens (including phenoxy) is 1. The van der Waals surface area contributed by atoms with E-state index in [1.165, 1.54) is 21.6 Å². The summed E-state index contributed by atoms with van der Waals surface area (Å²) in [5, 5.41) is 18.3. The minimum atomic E-state index is -0.401. The van der Waals surface area contributed by atoms with Crippen LogP contribution < -0.4 is 4.74 Å². The highest BCUT2D eigenvalue weighted by Gasteiger charge is 2.21. The maximum Gasteiger partial charge on any atom is 0.119 e. The number of hydrogen-bond acceptors (Lipinski definition) is 4. The molecule has 2 aromatic rings. The lowest BCUT2D eigenvalue weighted by molar-refractivity contribution is 0.203. The van der Waals surface area contributed by atoms with Crippen LogP contribution in [0.15, 0.2) is 24.3 Å². The zero-order valence-corrected chi connectivity index (χ0v) is 13.4. The van der Waals surface area contributed by atoms with Crippen molar-refractivity contribution < 1.29 is 9.84 Å². The first-order valence-corrected chi connectivity index (χ1v) is 8.44. The molecule has 1 aliphatic rings. The second kappa shape index (κ2) is 6.51. The van der Waals surface area contributed by atoms with Gasteiger partial charge in [-0.05, 0) is 67.1 Å². The number of aliphatic hydroxyl groups is 1. The molecule has 1 heterocycles. The van der Waals surface area contributed by atoms with Gasteiger partial charge in [-0.3, -0.25) is 0 Å². The molecule has 22 heavy (non-hydrogen) atoms. The maximum atomic E-state index is 9.77. The van der Waals surface area contributed by atoms with Crippen molar-refractivity contribution in [2.24, 2.45) is 0 Å². The third-order valence-electron chi connectivity index (χ3n) is 3.93. The Bertz CT molecular complexity index is 712. The molecule has 4 heteroatoms. The number of rotatable bonds is 5. The average Bonchev–Trinajstić information content (AvgIpc) is 2.96. The number of nitriles is 1. The average molecular weight is 313 g/mol. The van der Waals surface area contributed by atoms with Crippen molar-refractivity contribution in [1.82, 2.24) is 0 Å². The molecule has 1 aromatic heterocycles. The maximum absolute atomic E-state index is 9.77. The minimum absolute atomic E-state index is 0.401. The Morgan fingerprint density at radius 2 is 2.14 bits per heavy atom. The summed E-state index contributed by atoms with van der Waals surface area (Å²) in [6.07, 6.45) is 2.92. The van der Waals surface area contributed by atoms with Crippen molar-refractivity contribution in [2.45, 2.75) is 38.7 Å². The molecule has 3 rings (SSSR count). The zero-order chi connectivity index (χ0) is 15.5. The number of nitrogens with zero attached hydrogens (tertiary/aromatic N) is 1. The fourth-order valence-corrected chi connectivity index (χ4v) is 3.98. The van der Waals surface area contributed by atoms with Crippen molar-refractivity contribution in [3.05, 3.63) is 40.3 Å². The van der Waals surface area contributed by atoms with Crippen LogP contribution in [0.4, 0.5) is 0 Å². The molecule has 0 saturated carbocycles. The molecule has 3 nitrogen and oxygen atoms in total. The summed E-state index contributed by atoms with van der Waals surface area (Å²) >= 11 is 1.69. The van der Waals surface area contributed by atoms with Gasteiger partial charge in [-0.2, -0.15) is 5.26 Å². The summed E-state index contributed by atoms with van der Waals surface area (Å²) in [7, 11) is 0. The Hall–Kier alpha value is -1.83. The van der Waals surface area contributed by atoms with Crippen LogP contribution in [0, 0.1) is 11.3 Å². The third-order valence-corrected chi connectivity index (χ3v) is 5.31. The van der Waals surface area contributed by atoms with E-state index in [1.54, 1.807) is 11.3 Å². The fraction of sp³-hybridized carbons (Fsp3) is 0.389. The van der Waals surface area contributed by atoms with Gasteiger partial charge in [0.25, 0.3) is 0 Å². The van der Waals surface area contributed by atoms with Gasteiger partial charge < -0.3 is 9.84 Å². The number of benzene rings is 1. The quantitative estimate of drug-likeness (QED) is 0.840. The summed E-state index contributed by atoms with van der Waals surface area (Å²) in [4.78, 5) is 2.32. The molecular formula is C18H19NO2S. The third kappa shape index (κ3) is 3.01. The summed E-state index contributed by atoms with van der Waals surface area (Å²) in [6.45, 7) is 2.40. The molecule has 0 fully saturated rings. The van der Waals surface area contributed by atoms with Crippen LogP contribution in [-0.2, 0) is 12.8 Å². The van der Waals surface area contributed by atoms with Crippen molar-refractivity contribution >= 4 is 11.3 Å². The summed E-state index contributed by atoms with van der Waals surface area (Å²) in [6, 6.07) is 10.5. The molecular weight excluding hydrogens is 294 g/mol. The lowest BCUT2D eigenvalue weighted by Crippen LogP contribution is -2.03. The molecule has 1 unspecified atom stereocenters. The molecule has 0 aliphatic heterocycles. The fourth-order valence-electron chi connectivity index (χ4n) is 2.77. The van der Waals surface area contributed by atoms with E-state index in [0.29, 0.717) is 13.0 Å². The lowest BCUT2D eigenvalue weighted by Gasteiger charge is -2.17. The second-order valence-electron chi connectivity index (χ2n) is 5.61. The highest BCUT2D eigenvalue weighted by atomic mass is 32.1. The van der Waals surface area contributed by atoms with Crippen molar-refractivity contribution in [2.75, 3.05) is 6.61 Å². The monoisotopic (exact) mass is 313 g/mol. The molecule has 114 valence electrons. The number of fused-ring (bicyclic) bond motifs is 3. The van der Waals surface area contributed by atoms with Crippen LogP contribution in [0.1, 0.15) is 41.9 Å². The molecule has 1 aliphatic carbocycles. The highest BCUT2D eigenvalue weighted by Crippen LogP contribution is 2.42. The standard InChI is InChI=1S/C18H19NO2S/c1-12(20)17-11-14-5-4-13-10-15(21-9-3-2-8-19)6-7-16(13)18(14)22-17/h6-7,10-12,20H,2-5,9H2,1H3. The number of aliphatic hydroxyl groups excluding tert-OH is 1. The van der Waals surface area contributed by atoms with Crippen LogP contribution in [0.5, 0.6) is 5.75 Å². The van der Waals surface area contributed by atoms with Crippen LogP contribution in [0.25, 0.3) is 10.4 Å². The Balaban J connectivity index is 1.81. The molecule has 0 saturated heterocycles. The lowest BCUT2D eigenvalue weighted by atomic mass is 9.91. The number of thiophene rings is 1. The van der Waals surface area contributed by atoms with E-state index in [2.05, 4.69) is 24.3 Å². The molecule has 0 bridgehead atoms. The molecule has 0 spiro atoms. The van der Waals surface area contributed by atoms with Gasteiger partial charge in [0, 0.05) is 16.2 Å². The first-order chi connectivity index (χ1) is 10.7. The van der Waals surface area contributed by atoms with Gasteiger partial charge >= 0.3 is 0 Å². The van der Waals surface area contributed by atoms with E-state index in [4.69, 9.17) is 10.00 Å². The molecule has 0 amide bonds. The Labute approximate surface area is 134 Å². The minimum Gasteiger partial charge on any atom is -0.494 e. The van der Waals surface area contributed by atoms with E-state index in [0.717, 1.165) is 29.9 Å². The Morgan fingerprint density at radius 3 is 2.91 bits per heavy atom. The molecule has 1 aromatic carbocycles. The van der Waals surface area contributed by atoms with Crippen molar-refractivity contribution in [1.29, 1.82) is 5.26 Å². The normalized spacial score (nSPS) is 13.9. The van der Waals surface area contributed by atoms with Crippen LogP contribution in [0.3, 0.4) is 0 Å². The van der Waals surface area contributed by atoms with Crippen LogP contribution >= 0.6 is 11.3 Å². The van der Waals surface area contributed by atoms with Crippen molar-refractivity contribution in [3.8, 4) is 22.3 Å². The number of aryl methyl sites for hydroxylation is 2. The van der Waals surface area contributed by atoms with E-state index in [1.807, 2.05) is 13.0 Å². The topological polar surface area (TPSA) is 53.2 Å². The first-order valence-electron chi connectivity index (χ1n) is 7.62. The van der Waals surface area contributed by atoms with E-state index < -0.39 is 6.10 Å². The van der Waals surface area contributed by atoms with Gasteiger partial charge in [-0.25, -0.2) is 0 Å². The molecule has 1 N–H and O–H groups in total. The first kappa shape index (κ1) is 15.1. The van der Waals surface area contributed by atoms with Gasteiger partial charge in [-0.1, -0.05) is 0 Å². The smallest absolute Gasteiger partial charge is 0.119 e. The van der Waals surface area contributed by atoms with E-state index in [9.17, 15) is 5.11 Å². The SMILES string of the molecule is CC(O)c1cc2c(s1)-c1ccc(OCCCC#N)cc1CC2. The molecule has 0 radical (unpaired) electrons. The summed E-state index contributed by atoms with van der Waals surface area (Å²) in [5.41, 5.74) is 3.92. The van der Waals surface area contributed by atoms with Gasteiger partial charge in [0.2, 0.25) is 0 Å². The summed E-state index contributed by atoms with van der Waals surface area (Å²) < 4.78 is 5.72. The predicted octanol–water partition coefficient (Wildman–Crippen LogP) is 4.25. The zero-order valence-electron chi connectivity index (χ0n) is 12.6. The van der Waals surface area contributed by atoms with Gasteiger partial charge in [0.15, 0.2) is 0 Å². The number of hydrogen-bond donors (Lipinski definition) is 1. The van der Waals surface area contributed by atoms with Crippen LogP contribution in [-0.4, -0.2) is 11.7 Å². The van der Waals surface area contributed by atoms with Gasteiger partial charge in [0.05, 0.1) is 18.8 Å². The molecule has 1 atom stereocenters. The van der Waals surface area contributed by atoms with Gasteiger partial charge in [0.1, 0.15) is 5.75 Å². The van der Waals surface area contributed by atoms with E-state index in [-0.39, 0.29) is 0 Å². The number of unbranched alkanes of at least 4 members (excludes halogenated alkanes) is 1. The van der Waals surface area contributed by atoms with E-state index >= 15 is 0 Å². The predicted molar refractivity (Wildman–Crippen MR) is 88.1 cm³/mol. The largest absolute Gasteiger partial charge is 0.494 e.